The minimum Gasteiger partial charge on any atom is -0.480 e. The lowest BCUT2D eigenvalue weighted by Crippen LogP contribution is -2.59. The van der Waals surface area contributed by atoms with E-state index < -0.39 is 47.9 Å². The van der Waals surface area contributed by atoms with Crippen molar-refractivity contribution in [3.05, 3.63) is 18.2 Å². The van der Waals surface area contributed by atoms with Crippen LogP contribution in [0.5, 0.6) is 0 Å². The molecule has 1 heterocycles. The normalized spacial score (nSPS) is 16.0. The Kier molecular flexibility index (Phi) is 10.1. The number of aromatic nitrogens is 2. The topological polar surface area (TPSA) is 179 Å². The molecule has 0 aliphatic heterocycles. The van der Waals surface area contributed by atoms with Gasteiger partial charge in [0.15, 0.2) is 0 Å². The summed E-state index contributed by atoms with van der Waals surface area (Å²) in [4.78, 5) is 55.9. The van der Waals surface area contributed by atoms with E-state index in [4.69, 9.17) is 10.8 Å². The van der Waals surface area contributed by atoms with Gasteiger partial charge in [-0.25, -0.2) is 4.98 Å². The van der Waals surface area contributed by atoms with E-state index in [0.717, 1.165) is 0 Å². The highest BCUT2D eigenvalue weighted by Crippen LogP contribution is 2.09. The fourth-order valence-corrected chi connectivity index (χ4v) is 2.76. The van der Waals surface area contributed by atoms with Crippen LogP contribution in [0, 0.1) is 11.8 Å². The van der Waals surface area contributed by atoms with E-state index in [1.54, 1.807) is 13.8 Å². The average Bonchev–Trinajstić information content (AvgIpc) is 3.22. The maximum Gasteiger partial charge on any atom is 0.325 e. The molecule has 0 spiro atoms. The minimum absolute atomic E-state index is 0.0627. The Balaban J connectivity index is 2.97. The van der Waals surface area contributed by atoms with E-state index in [1.807, 2.05) is 13.8 Å². The number of H-pyrrole nitrogens is 1. The van der Waals surface area contributed by atoms with Crippen molar-refractivity contribution in [3.63, 3.8) is 0 Å². The number of carboxylic acids is 1. The van der Waals surface area contributed by atoms with Crippen molar-refractivity contribution in [2.24, 2.45) is 17.6 Å². The summed E-state index contributed by atoms with van der Waals surface area (Å²) >= 11 is 0. The molecule has 0 fully saturated rings. The first-order valence-corrected chi connectivity index (χ1v) is 10.3. The first-order chi connectivity index (χ1) is 14.5. The van der Waals surface area contributed by atoms with Crippen LogP contribution < -0.4 is 21.7 Å². The molecule has 1 aromatic rings. The van der Waals surface area contributed by atoms with Crippen molar-refractivity contribution in [1.29, 1.82) is 0 Å². The predicted octanol–water partition coefficient (Wildman–Crippen LogP) is -0.459. The number of nitrogens with zero attached hydrogens (tertiary/aromatic N) is 1. The molecule has 0 saturated carbocycles. The van der Waals surface area contributed by atoms with Gasteiger partial charge in [-0.3, -0.25) is 19.2 Å². The third-order valence-corrected chi connectivity index (χ3v) is 5.15. The molecule has 5 unspecified atom stereocenters. The van der Waals surface area contributed by atoms with Crippen molar-refractivity contribution < 1.29 is 24.3 Å². The van der Waals surface area contributed by atoms with Gasteiger partial charge in [0.25, 0.3) is 0 Å². The summed E-state index contributed by atoms with van der Waals surface area (Å²) in [5.41, 5.74) is 6.54. The Morgan fingerprint density at radius 2 is 1.71 bits per heavy atom. The zero-order chi connectivity index (χ0) is 23.7. The summed E-state index contributed by atoms with van der Waals surface area (Å²) in [7, 11) is 0. The highest BCUT2D eigenvalue weighted by Gasteiger charge is 2.32. The van der Waals surface area contributed by atoms with Crippen molar-refractivity contribution in [3.8, 4) is 0 Å². The van der Waals surface area contributed by atoms with E-state index in [0.29, 0.717) is 12.1 Å². The van der Waals surface area contributed by atoms with Crippen LogP contribution in [-0.2, 0) is 25.6 Å². The lowest BCUT2D eigenvalue weighted by atomic mass is 9.97. The van der Waals surface area contributed by atoms with Crippen LogP contribution in [0.2, 0.25) is 0 Å². The number of amides is 3. The zero-order valence-corrected chi connectivity index (χ0v) is 18.6. The number of nitrogens with one attached hydrogen (secondary N) is 4. The lowest BCUT2D eigenvalue weighted by molar-refractivity contribution is -0.141. The van der Waals surface area contributed by atoms with Crippen LogP contribution in [0.1, 0.15) is 46.7 Å². The molecular weight excluding hydrogens is 404 g/mol. The van der Waals surface area contributed by atoms with Gasteiger partial charge < -0.3 is 31.8 Å². The first-order valence-electron chi connectivity index (χ1n) is 10.3. The lowest BCUT2D eigenvalue weighted by Gasteiger charge is -2.27. The Morgan fingerprint density at radius 1 is 1.06 bits per heavy atom. The van der Waals surface area contributed by atoms with Gasteiger partial charge in [0, 0.05) is 18.3 Å². The second kappa shape index (κ2) is 12.0. The van der Waals surface area contributed by atoms with Crippen molar-refractivity contribution in [1.82, 2.24) is 25.9 Å². The molecule has 3 amide bonds. The van der Waals surface area contributed by atoms with E-state index in [1.165, 1.54) is 19.4 Å². The third-order valence-electron chi connectivity index (χ3n) is 5.15. The molecule has 0 radical (unpaired) electrons. The van der Waals surface area contributed by atoms with Gasteiger partial charge in [-0.05, 0) is 18.8 Å². The molecule has 0 aliphatic carbocycles. The van der Waals surface area contributed by atoms with Gasteiger partial charge in [0.2, 0.25) is 17.7 Å². The van der Waals surface area contributed by atoms with Gasteiger partial charge >= 0.3 is 5.97 Å². The SMILES string of the molecule is CCC(C)C(N)C(=O)NC(C(=O)NC(Cc1cnc[nH]1)C(=O)NC(C)C(=O)O)C(C)C. The van der Waals surface area contributed by atoms with E-state index >= 15 is 0 Å². The van der Waals surface area contributed by atoms with E-state index in [-0.39, 0.29) is 18.3 Å². The number of imidazole rings is 1. The number of hydrogen-bond donors (Lipinski definition) is 6. The second-order valence-electron chi connectivity index (χ2n) is 8.05. The predicted molar refractivity (Wildman–Crippen MR) is 114 cm³/mol. The maximum absolute atomic E-state index is 13.0. The molecule has 0 aromatic carbocycles. The highest BCUT2D eigenvalue weighted by molar-refractivity contribution is 5.94. The molecule has 5 atom stereocenters. The summed E-state index contributed by atoms with van der Waals surface area (Å²) in [6.07, 6.45) is 3.70. The smallest absolute Gasteiger partial charge is 0.325 e. The molecule has 11 nitrogen and oxygen atoms in total. The average molecular weight is 439 g/mol. The number of aromatic amines is 1. The van der Waals surface area contributed by atoms with E-state index in [2.05, 4.69) is 25.9 Å². The van der Waals surface area contributed by atoms with E-state index in [9.17, 15) is 19.2 Å². The fraction of sp³-hybridized carbons (Fsp3) is 0.650. The first kappa shape index (κ1) is 26.1. The fourth-order valence-electron chi connectivity index (χ4n) is 2.76. The molecular formula is C20H34N6O5. The number of hydrogen-bond acceptors (Lipinski definition) is 6. The van der Waals surface area contributed by atoms with Crippen LogP contribution in [0.25, 0.3) is 0 Å². The summed E-state index contributed by atoms with van der Waals surface area (Å²) in [5, 5.41) is 16.7. The molecule has 174 valence electrons. The molecule has 7 N–H and O–H groups in total. The molecule has 31 heavy (non-hydrogen) atoms. The summed E-state index contributed by atoms with van der Waals surface area (Å²) in [6.45, 7) is 8.61. The largest absolute Gasteiger partial charge is 0.480 e. The Bertz CT molecular complexity index is 751. The molecule has 1 rings (SSSR count). The minimum atomic E-state index is -1.20. The molecule has 11 heteroatoms. The quantitative estimate of drug-likeness (QED) is 0.255. The van der Waals surface area contributed by atoms with Gasteiger partial charge in [0.1, 0.15) is 18.1 Å². The van der Waals surface area contributed by atoms with Crippen molar-refractivity contribution >= 4 is 23.7 Å². The maximum atomic E-state index is 13.0. The number of carboxylic acid groups (broad SMARTS) is 1. The number of carbonyl (C=O) groups excluding carboxylic acids is 3. The van der Waals surface area contributed by atoms with Crippen LogP contribution in [0.15, 0.2) is 12.5 Å². The molecule has 1 aromatic heterocycles. The second-order valence-corrected chi connectivity index (χ2v) is 8.05. The van der Waals surface area contributed by atoms with Crippen LogP contribution >= 0.6 is 0 Å². The van der Waals surface area contributed by atoms with Crippen LogP contribution in [0.3, 0.4) is 0 Å². The summed E-state index contributed by atoms with van der Waals surface area (Å²) < 4.78 is 0. The van der Waals surface area contributed by atoms with Crippen LogP contribution in [-0.4, -0.2) is 62.9 Å². The number of carbonyl (C=O) groups is 4. The van der Waals surface area contributed by atoms with Crippen LogP contribution in [0.4, 0.5) is 0 Å². The molecule has 0 bridgehead atoms. The Labute approximate surface area is 181 Å². The van der Waals surface area contributed by atoms with Gasteiger partial charge in [-0.2, -0.15) is 0 Å². The van der Waals surface area contributed by atoms with Gasteiger partial charge in [-0.15, -0.1) is 0 Å². The third kappa shape index (κ3) is 8.00. The monoisotopic (exact) mass is 438 g/mol. The zero-order valence-electron chi connectivity index (χ0n) is 18.6. The number of rotatable bonds is 12. The summed E-state index contributed by atoms with van der Waals surface area (Å²) in [6, 6.07) is -3.89. The number of nitrogens with two attached hydrogens (primary N) is 1. The van der Waals surface area contributed by atoms with Crippen molar-refractivity contribution in [2.45, 2.75) is 71.6 Å². The van der Waals surface area contributed by atoms with Crippen molar-refractivity contribution in [2.75, 3.05) is 0 Å². The molecule has 0 aliphatic rings. The Morgan fingerprint density at radius 3 is 2.19 bits per heavy atom. The summed E-state index contributed by atoms with van der Waals surface area (Å²) in [5.74, 6) is -3.22. The number of aliphatic carboxylic acids is 1. The van der Waals surface area contributed by atoms with Gasteiger partial charge in [0.05, 0.1) is 12.4 Å². The highest BCUT2D eigenvalue weighted by atomic mass is 16.4. The van der Waals surface area contributed by atoms with Gasteiger partial charge in [-0.1, -0.05) is 34.1 Å². The molecule has 0 saturated heterocycles. The Hall–Kier alpha value is -2.95. The standard InChI is InChI=1S/C20H34N6O5/c1-6-11(4)15(21)18(28)26-16(10(2)3)19(29)25-14(7-13-8-22-9-23-13)17(27)24-12(5)20(30)31/h8-12,14-16H,6-7,21H2,1-5H3,(H,22,23)(H,24,27)(H,25,29)(H,26,28)(H,30,31).